The van der Waals surface area contributed by atoms with Crippen molar-refractivity contribution in [3.63, 3.8) is 0 Å². The number of hydrogen-bond donors (Lipinski definition) is 3. The van der Waals surface area contributed by atoms with Gasteiger partial charge in [-0.1, -0.05) is 49.6 Å². The fraction of sp³-hybridized carbons (Fsp3) is 0.667. The summed E-state index contributed by atoms with van der Waals surface area (Å²) in [4.78, 5) is 12.4. The van der Waals surface area contributed by atoms with Crippen LogP contribution in [0.4, 0.5) is 0 Å². The lowest BCUT2D eigenvalue weighted by Crippen LogP contribution is -2.52. The van der Waals surface area contributed by atoms with Crippen molar-refractivity contribution >= 4 is 5.91 Å². The van der Waals surface area contributed by atoms with Gasteiger partial charge in [-0.15, -0.1) is 0 Å². The van der Waals surface area contributed by atoms with E-state index < -0.39 is 0 Å². The molecule has 2 fully saturated rings. The molecule has 0 spiro atoms. The van der Waals surface area contributed by atoms with E-state index >= 15 is 0 Å². The Hall–Kier alpha value is -1.39. The van der Waals surface area contributed by atoms with E-state index in [1.165, 1.54) is 24.8 Å². The molecule has 138 valence electrons. The van der Waals surface area contributed by atoms with Crippen LogP contribution in [0.1, 0.15) is 69.9 Å². The zero-order valence-corrected chi connectivity index (χ0v) is 15.5. The summed E-state index contributed by atoms with van der Waals surface area (Å²) in [6.45, 7) is 2.94. The molecule has 1 amide bonds. The van der Waals surface area contributed by atoms with Crippen LogP contribution in [0.2, 0.25) is 0 Å². The summed E-state index contributed by atoms with van der Waals surface area (Å²) >= 11 is 0. The van der Waals surface area contributed by atoms with Crippen LogP contribution >= 0.6 is 0 Å². The number of nitrogens with two attached hydrogens (primary N) is 1. The van der Waals surface area contributed by atoms with E-state index in [0.717, 1.165) is 32.2 Å². The fourth-order valence-electron chi connectivity index (χ4n) is 4.61. The van der Waals surface area contributed by atoms with Gasteiger partial charge in [-0.25, -0.2) is 0 Å². The van der Waals surface area contributed by atoms with E-state index in [-0.39, 0.29) is 17.5 Å². The van der Waals surface area contributed by atoms with Crippen LogP contribution in [0.3, 0.4) is 0 Å². The standard InChI is InChI=1S/C21H33N3O/c1-16(17-8-3-2-4-9-17)24-21(12-5-6-13-21)15-23-20(25)14-18-10-7-11-19(18)22/h2-4,8-9,16,18-19,24H,5-7,10-15,22H2,1H3,(H,23,25)/t16?,18-,19+/m0/s1. The monoisotopic (exact) mass is 343 g/mol. The van der Waals surface area contributed by atoms with E-state index in [2.05, 4.69) is 47.9 Å². The van der Waals surface area contributed by atoms with Crippen LogP contribution in [0.5, 0.6) is 0 Å². The van der Waals surface area contributed by atoms with Gasteiger partial charge in [0.2, 0.25) is 5.91 Å². The molecule has 4 N–H and O–H groups in total. The lowest BCUT2D eigenvalue weighted by Gasteiger charge is -2.34. The third-order valence-electron chi connectivity index (χ3n) is 6.17. The molecule has 2 saturated carbocycles. The van der Waals surface area contributed by atoms with Gasteiger partial charge in [-0.2, -0.15) is 0 Å². The van der Waals surface area contributed by atoms with Gasteiger partial charge >= 0.3 is 0 Å². The zero-order valence-electron chi connectivity index (χ0n) is 15.5. The van der Waals surface area contributed by atoms with Crippen LogP contribution in [0.25, 0.3) is 0 Å². The summed E-state index contributed by atoms with van der Waals surface area (Å²) in [6.07, 6.45) is 8.66. The first-order valence-electron chi connectivity index (χ1n) is 9.93. The SMILES string of the molecule is CC(NC1(CNC(=O)C[C@@H]2CCC[C@H]2N)CCCC1)c1ccccc1. The molecule has 3 atom stereocenters. The van der Waals surface area contributed by atoms with Crippen LogP contribution in [-0.2, 0) is 4.79 Å². The number of hydrogen-bond acceptors (Lipinski definition) is 3. The average Bonchev–Trinajstić information content (AvgIpc) is 3.24. The molecule has 0 saturated heterocycles. The molecule has 1 aromatic rings. The molecular formula is C21H33N3O. The molecule has 1 unspecified atom stereocenters. The summed E-state index contributed by atoms with van der Waals surface area (Å²) < 4.78 is 0. The summed E-state index contributed by atoms with van der Waals surface area (Å²) in [5.41, 5.74) is 7.44. The molecule has 0 radical (unpaired) electrons. The average molecular weight is 344 g/mol. The van der Waals surface area contributed by atoms with Crippen LogP contribution in [-0.4, -0.2) is 24.0 Å². The molecule has 0 bridgehead atoms. The maximum absolute atomic E-state index is 12.4. The van der Waals surface area contributed by atoms with E-state index in [4.69, 9.17) is 5.73 Å². The van der Waals surface area contributed by atoms with Gasteiger partial charge < -0.3 is 16.4 Å². The zero-order chi connectivity index (χ0) is 17.7. The quantitative estimate of drug-likeness (QED) is 0.712. The molecule has 2 aliphatic rings. The van der Waals surface area contributed by atoms with E-state index in [0.29, 0.717) is 18.4 Å². The van der Waals surface area contributed by atoms with Gasteiger partial charge in [0.25, 0.3) is 0 Å². The highest BCUT2D eigenvalue weighted by atomic mass is 16.1. The van der Waals surface area contributed by atoms with Crippen molar-refractivity contribution in [2.75, 3.05) is 6.54 Å². The van der Waals surface area contributed by atoms with E-state index in [1.807, 2.05) is 0 Å². The Morgan fingerprint density at radius 3 is 2.56 bits per heavy atom. The lowest BCUT2D eigenvalue weighted by molar-refractivity contribution is -0.122. The first kappa shape index (κ1) is 18.4. The summed E-state index contributed by atoms with van der Waals surface area (Å²) in [5, 5.41) is 7.04. The Kier molecular flexibility index (Phi) is 6.13. The van der Waals surface area contributed by atoms with Crippen LogP contribution in [0, 0.1) is 5.92 Å². The minimum atomic E-state index is 0.0305. The molecule has 1 aromatic carbocycles. The van der Waals surface area contributed by atoms with Gasteiger partial charge in [0, 0.05) is 30.6 Å². The molecule has 0 aromatic heterocycles. The lowest BCUT2D eigenvalue weighted by atomic mass is 9.94. The summed E-state index contributed by atoms with van der Waals surface area (Å²) in [6, 6.07) is 11.1. The minimum absolute atomic E-state index is 0.0305. The van der Waals surface area contributed by atoms with Gasteiger partial charge in [0.05, 0.1) is 0 Å². The Labute approximate surface area is 151 Å². The molecular weight excluding hydrogens is 310 g/mol. The number of nitrogens with one attached hydrogen (secondary N) is 2. The van der Waals surface area contributed by atoms with E-state index in [1.54, 1.807) is 0 Å². The molecule has 4 nitrogen and oxygen atoms in total. The smallest absolute Gasteiger partial charge is 0.220 e. The van der Waals surface area contributed by atoms with Crippen molar-refractivity contribution in [1.29, 1.82) is 0 Å². The van der Waals surface area contributed by atoms with Gasteiger partial charge in [-0.3, -0.25) is 4.79 Å². The third-order valence-corrected chi connectivity index (χ3v) is 6.17. The molecule has 4 heteroatoms. The Morgan fingerprint density at radius 2 is 1.92 bits per heavy atom. The van der Waals surface area contributed by atoms with Crippen molar-refractivity contribution in [3.05, 3.63) is 35.9 Å². The van der Waals surface area contributed by atoms with E-state index in [9.17, 15) is 4.79 Å². The summed E-state index contributed by atoms with van der Waals surface area (Å²) in [5.74, 6) is 0.540. The molecule has 0 heterocycles. The molecule has 0 aliphatic heterocycles. The normalized spacial score (nSPS) is 26.5. The predicted molar refractivity (Wildman–Crippen MR) is 102 cm³/mol. The second kappa shape index (κ2) is 8.33. The van der Waals surface area contributed by atoms with Crippen molar-refractivity contribution in [2.24, 2.45) is 11.7 Å². The number of carbonyl (C=O) groups is 1. The maximum Gasteiger partial charge on any atom is 0.220 e. The largest absolute Gasteiger partial charge is 0.354 e. The highest BCUT2D eigenvalue weighted by Crippen LogP contribution is 2.32. The number of rotatable bonds is 7. The van der Waals surface area contributed by atoms with Crippen LogP contribution in [0.15, 0.2) is 30.3 Å². The van der Waals surface area contributed by atoms with Crippen molar-refractivity contribution < 1.29 is 4.79 Å². The van der Waals surface area contributed by atoms with Crippen LogP contribution < -0.4 is 16.4 Å². The van der Waals surface area contributed by atoms with Crippen molar-refractivity contribution in [2.45, 2.75) is 75.9 Å². The third kappa shape index (κ3) is 4.83. The topological polar surface area (TPSA) is 67.1 Å². The van der Waals surface area contributed by atoms with Gasteiger partial charge in [0.15, 0.2) is 0 Å². The number of benzene rings is 1. The molecule has 25 heavy (non-hydrogen) atoms. The highest BCUT2D eigenvalue weighted by molar-refractivity contribution is 5.76. The van der Waals surface area contributed by atoms with Crippen molar-refractivity contribution in [3.8, 4) is 0 Å². The molecule has 2 aliphatic carbocycles. The highest BCUT2D eigenvalue weighted by Gasteiger charge is 2.35. The fourth-order valence-corrected chi connectivity index (χ4v) is 4.61. The molecule has 3 rings (SSSR count). The van der Waals surface area contributed by atoms with Gasteiger partial charge in [0.1, 0.15) is 0 Å². The Bertz CT molecular complexity index is 554. The summed E-state index contributed by atoms with van der Waals surface area (Å²) in [7, 11) is 0. The first-order valence-corrected chi connectivity index (χ1v) is 9.93. The second-order valence-corrected chi connectivity index (χ2v) is 8.10. The first-order chi connectivity index (χ1) is 12.1. The Balaban J connectivity index is 1.54. The predicted octanol–water partition coefficient (Wildman–Crippen LogP) is 3.28. The van der Waals surface area contributed by atoms with Crippen molar-refractivity contribution in [1.82, 2.24) is 10.6 Å². The Morgan fingerprint density at radius 1 is 1.20 bits per heavy atom. The minimum Gasteiger partial charge on any atom is -0.354 e. The van der Waals surface area contributed by atoms with Gasteiger partial charge in [-0.05, 0) is 44.1 Å². The second-order valence-electron chi connectivity index (χ2n) is 8.10. The number of amides is 1. The number of carbonyl (C=O) groups excluding carboxylic acids is 1. The maximum atomic E-state index is 12.4.